The van der Waals surface area contributed by atoms with Crippen LogP contribution in [0.15, 0.2) is 50.8 Å². The molecule has 2 aromatic carbocycles. The topological polar surface area (TPSA) is 110 Å². The molecule has 2 heterocycles. The fraction of sp³-hybridized carbons (Fsp3) is 0.310. The number of hydrogen-bond acceptors (Lipinski definition) is 6. The number of carbonyl (C=O) groups is 1. The zero-order valence-corrected chi connectivity index (χ0v) is 25.7. The number of nitrogens with zero attached hydrogens (tertiary/aromatic N) is 4. The molecule has 42 heavy (non-hydrogen) atoms. The molecule has 1 saturated carbocycles. The van der Waals surface area contributed by atoms with Crippen LogP contribution in [0.2, 0.25) is 0 Å². The number of aromatic nitrogens is 3. The summed E-state index contributed by atoms with van der Waals surface area (Å²) >= 11 is 1.97. The standard InChI is InChI=1S/C29H29F2IN6O4/c1-14-24-23(25(36(5)27(14)40)33-21-11-6-16(32)12-20(21)31)28(41)38(17-7-8-17)29(42)37(24)18-9-10-19(30)22(13-18)34-26(39)15(2)35(3)4/h6,9-13,15,17,33H,7-8H2,1-5H3,(H,34,39). The van der Waals surface area contributed by atoms with Crippen LogP contribution in [0.5, 0.6) is 0 Å². The van der Waals surface area contributed by atoms with Gasteiger partial charge in [-0.2, -0.15) is 0 Å². The number of halogens is 3. The Kier molecular flexibility index (Phi) is 7.83. The van der Waals surface area contributed by atoms with Crippen molar-refractivity contribution >= 4 is 56.6 Å². The van der Waals surface area contributed by atoms with E-state index in [1.54, 1.807) is 32.0 Å². The summed E-state index contributed by atoms with van der Waals surface area (Å²) in [5, 5.41) is 5.46. The van der Waals surface area contributed by atoms with Gasteiger partial charge in [-0.15, -0.1) is 0 Å². The van der Waals surface area contributed by atoms with Gasteiger partial charge in [0, 0.05) is 22.2 Å². The number of benzene rings is 2. The lowest BCUT2D eigenvalue weighted by Gasteiger charge is -2.21. The monoisotopic (exact) mass is 690 g/mol. The summed E-state index contributed by atoms with van der Waals surface area (Å²) in [6.07, 6.45) is 1.21. The smallest absolute Gasteiger partial charge is 0.336 e. The first-order chi connectivity index (χ1) is 19.8. The predicted molar refractivity (Wildman–Crippen MR) is 166 cm³/mol. The molecule has 1 fully saturated rings. The van der Waals surface area contributed by atoms with E-state index in [0.29, 0.717) is 16.4 Å². The van der Waals surface area contributed by atoms with Crippen LogP contribution in [-0.4, -0.2) is 44.6 Å². The van der Waals surface area contributed by atoms with Crippen LogP contribution in [0.1, 0.15) is 31.4 Å². The number of aryl methyl sites for hydroxylation is 1. The fourth-order valence-electron chi connectivity index (χ4n) is 4.79. The van der Waals surface area contributed by atoms with Crippen LogP contribution in [0.3, 0.4) is 0 Å². The van der Waals surface area contributed by atoms with Crippen molar-refractivity contribution < 1.29 is 13.6 Å². The summed E-state index contributed by atoms with van der Waals surface area (Å²) in [5.74, 6) is -1.78. The maximum absolute atomic E-state index is 14.9. The predicted octanol–water partition coefficient (Wildman–Crippen LogP) is 4.01. The second-order valence-electron chi connectivity index (χ2n) is 10.6. The van der Waals surface area contributed by atoms with Crippen molar-refractivity contribution in [1.29, 1.82) is 0 Å². The first kappa shape index (κ1) is 29.6. The largest absolute Gasteiger partial charge is 0.338 e. The van der Waals surface area contributed by atoms with E-state index in [9.17, 15) is 28.0 Å². The van der Waals surface area contributed by atoms with Crippen molar-refractivity contribution in [2.24, 2.45) is 7.05 Å². The highest BCUT2D eigenvalue weighted by Crippen LogP contribution is 2.34. The molecule has 0 saturated heterocycles. The number of rotatable bonds is 7. The van der Waals surface area contributed by atoms with Crippen LogP contribution in [0.4, 0.5) is 26.0 Å². The molecule has 1 unspecified atom stereocenters. The Hall–Kier alpha value is -3.85. The van der Waals surface area contributed by atoms with Gasteiger partial charge in [0.05, 0.1) is 28.6 Å². The van der Waals surface area contributed by atoms with Crippen molar-refractivity contribution in [3.63, 3.8) is 0 Å². The van der Waals surface area contributed by atoms with Gasteiger partial charge >= 0.3 is 5.69 Å². The highest BCUT2D eigenvalue weighted by atomic mass is 127. The van der Waals surface area contributed by atoms with E-state index in [1.807, 2.05) is 22.6 Å². The normalized spacial score (nSPS) is 13.9. The van der Waals surface area contributed by atoms with Gasteiger partial charge in [-0.25, -0.2) is 13.6 Å². The average Bonchev–Trinajstić information content (AvgIpc) is 3.77. The fourth-order valence-corrected chi connectivity index (χ4v) is 5.25. The molecule has 220 valence electrons. The van der Waals surface area contributed by atoms with Crippen molar-refractivity contribution in [2.45, 2.75) is 38.8 Å². The second kappa shape index (κ2) is 11.1. The Bertz CT molecular complexity index is 1940. The van der Waals surface area contributed by atoms with Gasteiger partial charge < -0.3 is 10.6 Å². The molecule has 10 nitrogen and oxygen atoms in total. The van der Waals surface area contributed by atoms with Crippen LogP contribution in [0.25, 0.3) is 16.6 Å². The van der Waals surface area contributed by atoms with Crippen molar-refractivity contribution in [3.05, 3.63) is 88.4 Å². The first-order valence-corrected chi connectivity index (χ1v) is 14.3. The molecular weight excluding hydrogens is 661 g/mol. The summed E-state index contributed by atoms with van der Waals surface area (Å²) in [6.45, 7) is 3.15. The molecule has 0 aliphatic heterocycles. The van der Waals surface area contributed by atoms with Crippen molar-refractivity contribution in [2.75, 3.05) is 24.7 Å². The van der Waals surface area contributed by atoms with Gasteiger partial charge in [-0.3, -0.25) is 33.0 Å². The van der Waals surface area contributed by atoms with Gasteiger partial charge in [0.15, 0.2) is 0 Å². The number of hydrogen-bond donors (Lipinski definition) is 2. The molecule has 4 aromatic rings. The number of likely N-dealkylation sites (N-methyl/N-ethyl adjacent to an activating group) is 1. The van der Waals surface area contributed by atoms with E-state index in [1.165, 1.54) is 47.4 Å². The summed E-state index contributed by atoms with van der Waals surface area (Å²) in [6, 6.07) is 7.27. The number of carbonyl (C=O) groups excluding carboxylic acids is 1. The molecule has 0 bridgehead atoms. The number of pyridine rings is 1. The molecular formula is C29H29F2IN6O4. The first-order valence-electron chi connectivity index (χ1n) is 13.2. The summed E-state index contributed by atoms with van der Waals surface area (Å²) < 4.78 is 34.0. The lowest BCUT2D eigenvalue weighted by molar-refractivity contribution is -0.119. The lowest BCUT2D eigenvalue weighted by Crippen LogP contribution is -2.41. The Labute approximate surface area is 252 Å². The highest BCUT2D eigenvalue weighted by Gasteiger charge is 2.32. The van der Waals surface area contributed by atoms with E-state index in [0.717, 1.165) is 10.6 Å². The molecule has 1 amide bonds. The third kappa shape index (κ3) is 5.15. The minimum Gasteiger partial charge on any atom is -0.338 e. The van der Waals surface area contributed by atoms with E-state index >= 15 is 0 Å². The maximum atomic E-state index is 14.9. The van der Waals surface area contributed by atoms with Crippen LogP contribution < -0.4 is 27.4 Å². The Balaban J connectivity index is 1.82. The van der Waals surface area contributed by atoms with Crippen molar-refractivity contribution in [3.8, 4) is 5.69 Å². The number of anilines is 3. The SMILES string of the molecule is Cc1c(=O)n(C)c(Nc2ccc(I)cc2F)c2c(=O)n(C3CC3)c(=O)n(-c3ccc(F)c(NC(=O)C(C)N(C)C)c3)c12. The molecule has 0 radical (unpaired) electrons. The Morgan fingerprint density at radius 1 is 1.02 bits per heavy atom. The Morgan fingerprint density at radius 2 is 1.71 bits per heavy atom. The molecule has 13 heteroatoms. The van der Waals surface area contributed by atoms with E-state index in [4.69, 9.17) is 0 Å². The molecule has 1 atom stereocenters. The summed E-state index contributed by atoms with van der Waals surface area (Å²) in [7, 11) is 4.87. The second-order valence-corrected chi connectivity index (χ2v) is 11.9. The van der Waals surface area contributed by atoms with Crippen LogP contribution in [0, 0.1) is 22.1 Å². The molecule has 5 rings (SSSR count). The minimum atomic E-state index is -0.727. The van der Waals surface area contributed by atoms with E-state index in [-0.39, 0.29) is 45.4 Å². The zero-order valence-electron chi connectivity index (χ0n) is 23.6. The van der Waals surface area contributed by atoms with Gasteiger partial charge in [-0.05, 0) is 99.8 Å². The van der Waals surface area contributed by atoms with E-state index < -0.39 is 40.4 Å². The third-order valence-electron chi connectivity index (χ3n) is 7.56. The molecule has 1 aliphatic rings. The van der Waals surface area contributed by atoms with Gasteiger partial charge in [0.1, 0.15) is 22.8 Å². The van der Waals surface area contributed by atoms with E-state index in [2.05, 4.69) is 10.6 Å². The summed E-state index contributed by atoms with van der Waals surface area (Å²) in [4.78, 5) is 55.8. The number of fused-ring (bicyclic) bond motifs is 1. The van der Waals surface area contributed by atoms with Crippen LogP contribution in [-0.2, 0) is 11.8 Å². The third-order valence-corrected chi connectivity index (χ3v) is 8.23. The zero-order chi connectivity index (χ0) is 30.6. The molecule has 0 spiro atoms. The van der Waals surface area contributed by atoms with Gasteiger partial charge in [-0.1, -0.05) is 0 Å². The number of amides is 1. The number of nitrogens with one attached hydrogen (secondary N) is 2. The molecule has 1 aliphatic carbocycles. The lowest BCUT2D eigenvalue weighted by atomic mass is 10.1. The molecule has 2 aromatic heterocycles. The molecule has 2 N–H and O–H groups in total. The highest BCUT2D eigenvalue weighted by molar-refractivity contribution is 14.1. The summed E-state index contributed by atoms with van der Waals surface area (Å²) in [5.41, 5.74) is -1.76. The van der Waals surface area contributed by atoms with Gasteiger partial charge in [0.2, 0.25) is 5.91 Å². The Morgan fingerprint density at radius 3 is 2.33 bits per heavy atom. The van der Waals surface area contributed by atoms with Gasteiger partial charge in [0.25, 0.3) is 11.1 Å². The quantitative estimate of drug-likeness (QED) is 0.284. The van der Waals surface area contributed by atoms with Crippen LogP contribution >= 0.6 is 22.6 Å². The average molecular weight is 690 g/mol. The minimum absolute atomic E-state index is 0.00367. The maximum Gasteiger partial charge on any atom is 0.336 e. The van der Waals surface area contributed by atoms with Crippen molar-refractivity contribution in [1.82, 2.24) is 18.6 Å².